The van der Waals surface area contributed by atoms with Crippen LogP contribution in [0.2, 0.25) is 5.02 Å². The maximum Gasteiger partial charge on any atom is 0.293 e. The van der Waals surface area contributed by atoms with Crippen LogP contribution in [0.15, 0.2) is 46.2 Å². The van der Waals surface area contributed by atoms with E-state index in [2.05, 4.69) is 20.5 Å². The van der Waals surface area contributed by atoms with E-state index in [0.717, 1.165) is 17.1 Å². The fourth-order valence-electron chi connectivity index (χ4n) is 2.57. The minimum absolute atomic E-state index is 0.182. The van der Waals surface area contributed by atoms with Crippen molar-refractivity contribution in [2.45, 2.75) is 6.42 Å². The number of aromatic nitrogens is 4. The number of halogens is 1. The first-order valence-corrected chi connectivity index (χ1v) is 9.88. The van der Waals surface area contributed by atoms with Gasteiger partial charge in [0.05, 0.1) is 17.1 Å². The fraction of sp³-hybridized carbons (Fsp3) is 0.111. The average Bonchev–Trinajstić information content (AvgIpc) is 3.40. The smallest absolute Gasteiger partial charge is 0.293 e. The summed E-state index contributed by atoms with van der Waals surface area (Å²) in [5, 5.41) is 12.6. The predicted octanol–water partition coefficient (Wildman–Crippen LogP) is 4.69. The van der Waals surface area contributed by atoms with Gasteiger partial charge in [0.15, 0.2) is 15.7 Å². The molecule has 4 rings (SSSR count). The Hall–Kier alpha value is -2.75. The van der Waals surface area contributed by atoms with Gasteiger partial charge >= 0.3 is 0 Å². The molecule has 1 amide bonds. The molecule has 0 radical (unpaired) electrons. The van der Waals surface area contributed by atoms with E-state index in [-0.39, 0.29) is 11.7 Å². The number of nitrogens with zero attached hydrogens (tertiary/aromatic N) is 3. The highest BCUT2D eigenvalue weighted by molar-refractivity contribution is 7.71. The number of hydrogen-bond donors (Lipinski definition) is 2. The molecular weight excluding hydrogens is 418 g/mol. The van der Waals surface area contributed by atoms with Crippen LogP contribution in [0.1, 0.15) is 22.1 Å². The Morgan fingerprint density at radius 2 is 2.18 bits per heavy atom. The van der Waals surface area contributed by atoms with Gasteiger partial charge < -0.3 is 8.98 Å². The summed E-state index contributed by atoms with van der Waals surface area (Å²) in [6, 6.07) is 10.6. The number of carbonyl (C=O) groups excluding carboxylic acids is 1. The molecule has 0 aliphatic heterocycles. The number of thiazole rings is 1. The number of anilines is 1. The van der Waals surface area contributed by atoms with Gasteiger partial charge in [0.2, 0.25) is 0 Å². The van der Waals surface area contributed by atoms with Crippen LogP contribution in [-0.2, 0) is 13.5 Å². The van der Waals surface area contributed by atoms with Gasteiger partial charge in [0, 0.05) is 18.0 Å². The van der Waals surface area contributed by atoms with E-state index in [0.29, 0.717) is 27.1 Å². The second kappa shape index (κ2) is 7.70. The van der Waals surface area contributed by atoms with E-state index < -0.39 is 0 Å². The molecule has 4 aromatic rings. The van der Waals surface area contributed by atoms with Crippen molar-refractivity contribution >= 4 is 46.2 Å². The van der Waals surface area contributed by atoms with Crippen molar-refractivity contribution in [3.05, 3.63) is 68.9 Å². The highest BCUT2D eigenvalue weighted by Gasteiger charge is 2.16. The number of aromatic amines is 1. The third-order valence-electron chi connectivity index (χ3n) is 4.05. The maximum absolute atomic E-state index is 12.5. The summed E-state index contributed by atoms with van der Waals surface area (Å²) in [5.74, 6) is 1.10. The largest absolute Gasteiger partial charge is 0.451 e. The Labute approximate surface area is 174 Å². The molecule has 10 heteroatoms. The molecule has 2 N–H and O–H groups in total. The van der Waals surface area contributed by atoms with Crippen LogP contribution in [-0.4, -0.2) is 25.7 Å². The molecule has 0 fully saturated rings. The van der Waals surface area contributed by atoms with Gasteiger partial charge in [-0.1, -0.05) is 23.7 Å². The number of hydrogen-bond acceptors (Lipinski definition) is 6. The Kier molecular flexibility index (Phi) is 5.12. The summed E-state index contributed by atoms with van der Waals surface area (Å²) < 4.78 is 7.99. The minimum Gasteiger partial charge on any atom is -0.451 e. The number of furan rings is 1. The summed E-state index contributed by atoms with van der Waals surface area (Å²) in [4.78, 5) is 16.9. The Bertz CT molecular complexity index is 1210. The molecule has 0 saturated carbocycles. The lowest BCUT2D eigenvalue weighted by atomic mass is 10.2. The quantitative estimate of drug-likeness (QED) is 0.447. The molecule has 7 nitrogen and oxygen atoms in total. The van der Waals surface area contributed by atoms with Crippen LogP contribution >= 0.6 is 35.2 Å². The lowest BCUT2D eigenvalue weighted by Gasteiger charge is -2.01. The lowest BCUT2D eigenvalue weighted by molar-refractivity contribution is 0.0997. The van der Waals surface area contributed by atoms with Crippen LogP contribution in [0, 0.1) is 4.77 Å². The molecule has 0 aliphatic carbocycles. The topological polar surface area (TPSA) is 88.7 Å². The van der Waals surface area contributed by atoms with Crippen LogP contribution in [0.4, 0.5) is 5.13 Å². The normalized spacial score (nSPS) is 10.9. The molecule has 0 aliphatic rings. The van der Waals surface area contributed by atoms with Crippen molar-refractivity contribution in [2.24, 2.45) is 7.05 Å². The van der Waals surface area contributed by atoms with Gasteiger partial charge in [0.1, 0.15) is 11.6 Å². The van der Waals surface area contributed by atoms with Crippen LogP contribution < -0.4 is 5.32 Å². The molecule has 0 unspecified atom stereocenters. The van der Waals surface area contributed by atoms with Crippen molar-refractivity contribution in [3.63, 3.8) is 0 Å². The Balaban J connectivity index is 1.46. The first-order chi connectivity index (χ1) is 13.5. The maximum atomic E-state index is 12.5. The van der Waals surface area contributed by atoms with Gasteiger partial charge in [-0.25, -0.2) is 4.98 Å². The number of carbonyl (C=O) groups is 1. The molecule has 0 atom stereocenters. The highest BCUT2D eigenvalue weighted by atomic mass is 35.5. The van der Waals surface area contributed by atoms with E-state index in [1.165, 1.54) is 11.3 Å². The van der Waals surface area contributed by atoms with Crippen molar-refractivity contribution in [3.8, 4) is 11.3 Å². The van der Waals surface area contributed by atoms with Gasteiger partial charge in [-0.3, -0.25) is 15.2 Å². The zero-order chi connectivity index (χ0) is 19.7. The van der Waals surface area contributed by atoms with Gasteiger partial charge in [-0.05, 0) is 36.5 Å². The highest BCUT2D eigenvalue weighted by Crippen LogP contribution is 2.29. The first kappa shape index (κ1) is 18.6. The second-order valence-corrected chi connectivity index (χ2v) is 7.57. The van der Waals surface area contributed by atoms with E-state index in [1.54, 1.807) is 22.8 Å². The van der Waals surface area contributed by atoms with Crippen LogP contribution in [0.5, 0.6) is 0 Å². The van der Waals surface area contributed by atoms with Crippen LogP contribution in [0.25, 0.3) is 11.3 Å². The van der Waals surface area contributed by atoms with E-state index in [9.17, 15) is 4.79 Å². The Morgan fingerprint density at radius 1 is 1.36 bits per heavy atom. The predicted molar refractivity (Wildman–Crippen MR) is 110 cm³/mol. The number of rotatable bonds is 5. The van der Waals surface area contributed by atoms with Crippen molar-refractivity contribution in [1.29, 1.82) is 0 Å². The van der Waals surface area contributed by atoms with Crippen molar-refractivity contribution in [1.82, 2.24) is 19.7 Å². The minimum atomic E-state index is -0.377. The third-order valence-corrected chi connectivity index (χ3v) is 5.55. The van der Waals surface area contributed by atoms with Crippen molar-refractivity contribution < 1.29 is 9.21 Å². The molecule has 142 valence electrons. The van der Waals surface area contributed by atoms with E-state index in [1.807, 2.05) is 30.6 Å². The number of nitrogens with one attached hydrogen (secondary N) is 2. The third kappa shape index (κ3) is 3.77. The SMILES string of the molecule is Cn1c(Cc2csc(NC(=O)c3ccc(-c4ccccc4Cl)o3)n2)n[nH]c1=S. The van der Waals surface area contributed by atoms with Gasteiger partial charge in [0.25, 0.3) is 5.91 Å². The summed E-state index contributed by atoms with van der Waals surface area (Å²) in [7, 11) is 1.84. The first-order valence-electron chi connectivity index (χ1n) is 8.22. The molecule has 0 spiro atoms. The second-order valence-electron chi connectivity index (χ2n) is 5.92. The zero-order valence-electron chi connectivity index (χ0n) is 14.6. The molecule has 1 aromatic carbocycles. The fourth-order valence-corrected chi connectivity index (χ4v) is 3.65. The lowest BCUT2D eigenvalue weighted by Crippen LogP contribution is -2.10. The van der Waals surface area contributed by atoms with E-state index in [4.69, 9.17) is 28.2 Å². The van der Waals surface area contributed by atoms with E-state index >= 15 is 0 Å². The Morgan fingerprint density at radius 3 is 2.93 bits per heavy atom. The van der Waals surface area contributed by atoms with Crippen molar-refractivity contribution in [2.75, 3.05) is 5.32 Å². The average molecular weight is 432 g/mol. The van der Waals surface area contributed by atoms with Crippen LogP contribution in [0.3, 0.4) is 0 Å². The molecule has 0 saturated heterocycles. The van der Waals surface area contributed by atoms with Gasteiger partial charge in [-0.15, -0.1) is 11.3 Å². The zero-order valence-corrected chi connectivity index (χ0v) is 17.0. The number of benzene rings is 1. The monoisotopic (exact) mass is 431 g/mol. The standard InChI is InChI=1S/C18H14ClN5O2S2/c1-24-15(22-23-18(24)27)8-10-9-28-17(20-10)21-16(25)14-7-6-13(26-14)11-4-2-3-5-12(11)19/h2-7,9H,8H2,1H3,(H,23,27)(H,20,21,25). The molecule has 28 heavy (non-hydrogen) atoms. The molecule has 0 bridgehead atoms. The number of amides is 1. The molecule has 3 heterocycles. The molecule has 3 aromatic heterocycles. The summed E-state index contributed by atoms with van der Waals surface area (Å²) in [6.45, 7) is 0. The van der Waals surface area contributed by atoms with Gasteiger partial charge in [-0.2, -0.15) is 5.10 Å². The number of H-pyrrole nitrogens is 1. The summed E-state index contributed by atoms with van der Waals surface area (Å²) in [6.07, 6.45) is 0.507. The summed E-state index contributed by atoms with van der Waals surface area (Å²) in [5.41, 5.74) is 1.52. The molecular formula is C18H14ClN5O2S2. The summed E-state index contributed by atoms with van der Waals surface area (Å²) >= 11 is 12.6.